The van der Waals surface area contributed by atoms with Crippen molar-refractivity contribution in [2.24, 2.45) is 22.8 Å². The highest BCUT2D eigenvalue weighted by molar-refractivity contribution is 5.92. The molecule has 0 saturated carbocycles. The molecular formula is C20H31N3O3. The molecule has 0 aromatic heterocycles. The number of amides is 2. The van der Waals surface area contributed by atoms with Crippen molar-refractivity contribution in [3.05, 3.63) is 35.9 Å². The van der Waals surface area contributed by atoms with Gasteiger partial charge in [-0.3, -0.25) is 9.59 Å². The van der Waals surface area contributed by atoms with Gasteiger partial charge in [0.2, 0.25) is 0 Å². The van der Waals surface area contributed by atoms with Crippen LogP contribution in [0.4, 0.5) is 4.79 Å². The molecule has 0 spiro atoms. The number of ketones is 2. The fourth-order valence-electron chi connectivity index (χ4n) is 2.87. The highest BCUT2D eigenvalue weighted by Crippen LogP contribution is 2.26. The number of hydrogen-bond acceptors (Lipinski definition) is 4. The first-order valence-corrected chi connectivity index (χ1v) is 9.01. The number of nitrogens with one attached hydrogen (secondary N) is 1. The van der Waals surface area contributed by atoms with Crippen molar-refractivity contribution in [2.75, 3.05) is 6.54 Å². The molecule has 0 bridgehead atoms. The van der Waals surface area contributed by atoms with E-state index in [1.165, 1.54) is 0 Å². The minimum atomic E-state index is -0.628. The largest absolute Gasteiger partial charge is 0.352 e. The van der Waals surface area contributed by atoms with Crippen molar-refractivity contribution in [1.29, 1.82) is 0 Å². The third-order valence-electron chi connectivity index (χ3n) is 4.30. The van der Waals surface area contributed by atoms with Crippen LogP contribution in [0.2, 0.25) is 0 Å². The molecule has 6 nitrogen and oxygen atoms in total. The molecular weight excluding hydrogens is 330 g/mol. The van der Waals surface area contributed by atoms with Crippen LogP contribution in [0.5, 0.6) is 0 Å². The van der Waals surface area contributed by atoms with Crippen LogP contribution in [0, 0.1) is 11.3 Å². The Morgan fingerprint density at radius 3 is 2.27 bits per heavy atom. The number of Topliss-reactive ketones (excluding diaryl/α,β-unsaturated/α-hetero) is 2. The third-order valence-corrected chi connectivity index (χ3v) is 4.30. The van der Waals surface area contributed by atoms with Gasteiger partial charge in [-0.1, -0.05) is 51.1 Å². The van der Waals surface area contributed by atoms with E-state index in [4.69, 9.17) is 11.5 Å². The summed E-state index contributed by atoms with van der Waals surface area (Å²) in [6.07, 6.45) is 1.68. The van der Waals surface area contributed by atoms with E-state index in [-0.39, 0.29) is 18.0 Å². The fourth-order valence-corrected chi connectivity index (χ4v) is 2.87. The Hall–Kier alpha value is -2.21. The predicted molar refractivity (Wildman–Crippen MR) is 103 cm³/mol. The number of nitrogens with two attached hydrogens (primary N) is 2. The Bertz CT molecular complexity index is 608. The number of rotatable bonds is 10. The van der Waals surface area contributed by atoms with Gasteiger partial charge in [-0.05, 0) is 24.8 Å². The maximum atomic E-state index is 12.7. The molecule has 0 aliphatic carbocycles. The van der Waals surface area contributed by atoms with Gasteiger partial charge in [-0.15, -0.1) is 0 Å². The van der Waals surface area contributed by atoms with Gasteiger partial charge in [0.1, 0.15) is 5.78 Å². The summed E-state index contributed by atoms with van der Waals surface area (Å²) in [5.41, 5.74) is 11.6. The second-order valence-corrected chi connectivity index (χ2v) is 7.71. The molecule has 1 rings (SSSR count). The number of carbonyl (C=O) groups excluding carboxylic acids is 3. The second kappa shape index (κ2) is 10.1. The van der Waals surface area contributed by atoms with E-state index in [1.807, 2.05) is 51.1 Å². The smallest absolute Gasteiger partial charge is 0.312 e. The third kappa shape index (κ3) is 7.78. The average molecular weight is 361 g/mol. The van der Waals surface area contributed by atoms with E-state index in [0.29, 0.717) is 25.8 Å². The van der Waals surface area contributed by atoms with Crippen molar-refractivity contribution in [3.8, 4) is 0 Å². The molecule has 2 atom stereocenters. The van der Waals surface area contributed by atoms with Gasteiger partial charge < -0.3 is 16.8 Å². The number of carbonyl (C=O) groups is 3. The van der Waals surface area contributed by atoms with Gasteiger partial charge >= 0.3 is 6.03 Å². The number of primary amides is 1. The van der Waals surface area contributed by atoms with Gasteiger partial charge in [-0.2, -0.15) is 0 Å². The monoisotopic (exact) mass is 361 g/mol. The van der Waals surface area contributed by atoms with Crippen molar-refractivity contribution < 1.29 is 14.4 Å². The lowest BCUT2D eigenvalue weighted by Gasteiger charge is -2.25. The SMILES string of the molecule is CC(C)(C)C(=O)C(CCCNC(N)=O)CC(=O)C(N)Cc1ccccc1. The Morgan fingerprint density at radius 1 is 1.12 bits per heavy atom. The summed E-state index contributed by atoms with van der Waals surface area (Å²) in [6, 6.07) is 8.37. The molecule has 0 aliphatic rings. The van der Waals surface area contributed by atoms with Crippen LogP contribution in [0.25, 0.3) is 0 Å². The van der Waals surface area contributed by atoms with Crippen molar-refractivity contribution in [3.63, 3.8) is 0 Å². The molecule has 2 amide bonds. The van der Waals surface area contributed by atoms with E-state index >= 15 is 0 Å². The molecule has 1 aromatic carbocycles. The van der Waals surface area contributed by atoms with Gasteiger partial charge in [0.25, 0.3) is 0 Å². The summed E-state index contributed by atoms with van der Waals surface area (Å²) < 4.78 is 0. The Balaban J connectivity index is 2.68. The Kier molecular flexibility index (Phi) is 8.45. The normalized spacial score (nSPS) is 13.7. The first-order valence-electron chi connectivity index (χ1n) is 9.01. The molecule has 0 heterocycles. The summed E-state index contributed by atoms with van der Waals surface area (Å²) in [5, 5.41) is 2.51. The van der Waals surface area contributed by atoms with Crippen LogP contribution < -0.4 is 16.8 Å². The lowest BCUT2D eigenvalue weighted by Crippen LogP contribution is -2.37. The van der Waals surface area contributed by atoms with Gasteiger partial charge in [0.05, 0.1) is 6.04 Å². The predicted octanol–water partition coefficient (Wildman–Crippen LogP) is 2.20. The van der Waals surface area contributed by atoms with E-state index < -0.39 is 23.4 Å². The van der Waals surface area contributed by atoms with Crippen LogP contribution >= 0.6 is 0 Å². The standard InChI is InChI=1S/C20H31N3O3/c1-20(2,3)18(25)15(10-7-11-23-19(22)26)13-17(24)16(21)12-14-8-5-4-6-9-14/h4-6,8-9,15-16H,7,10-13,21H2,1-3H3,(H3,22,23,26). The number of hydrogen-bond donors (Lipinski definition) is 3. The van der Waals surface area contributed by atoms with Crippen molar-refractivity contribution in [1.82, 2.24) is 5.32 Å². The van der Waals surface area contributed by atoms with Crippen LogP contribution in [0.15, 0.2) is 30.3 Å². The summed E-state index contributed by atoms with van der Waals surface area (Å²) >= 11 is 0. The summed E-state index contributed by atoms with van der Waals surface area (Å²) in [5.74, 6) is -0.477. The average Bonchev–Trinajstić information content (AvgIpc) is 2.56. The van der Waals surface area contributed by atoms with E-state index in [2.05, 4.69) is 5.32 Å². The maximum Gasteiger partial charge on any atom is 0.312 e. The van der Waals surface area contributed by atoms with Crippen molar-refractivity contribution in [2.45, 2.75) is 52.5 Å². The summed E-state index contributed by atoms with van der Waals surface area (Å²) in [7, 11) is 0. The van der Waals surface area contributed by atoms with Crippen LogP contribution in [0.3, 0.4) is 0 Å². The fraction of sp³-hybridized carbons (Fsp3) is 0.550. The molecule has 144 valence electrons. The molecule has 1 aromatic rings. The Morgan fingerprint density at radius 2 is 1.73 bits per heavy atom. The first-order chi connectivity index (χ1) is 12.1. The first kappa shape index (κ1) is 21.8. The zero-order valence-electron chi connectivity index (χ0n) is 16.0. The molecule has 0 fully saturated rings. The van der Waals surface area contributed by atoms with Crippen LogP contribution in [-0.2, 0) is 16.0 Å². The topological polar surface area (TPSA) is 115 Å². The summed E-state index contributed by atoms with van der Waals surface area (Å²) in [4.78, 5) is 36.0. The zero-order valence-corrected chi connectivity index (χ0v) is 16.0. The molecule has 6 heteroatoms. The van der Waals surface area contributed by atoms with Gasteiger partial charge in [-0.25, -0.2) is 4.79 Å². The maximum absolute atomic E-state index is 12.7. The van der Waals surface area contributed by atoms with E-state index in [9.17, 15) is 14.4 Å². The van der Waals surface area contributed by atoms with E-state index in [0.717, 1.165) is 5.56 Å². The minimum Gasteiger partial charge on any atom is -0.352 e. The number of urea groups is 1. The van der Waals surface area contributed by atoms with E-state index in [1.54, 1.807) is 0 Å². The highest BCUT2D eigenvalue weighted by Gasteiger charge is 2.31. The minimum absolute atomic E-state index is 0.0387. The Labute approximate surface area is 155 Å². The lowest BCUT2D eigenvalue weighted by molar-refractivity contribution is -0.134. The summed E-state index contributed by atoms with van der Waals surface area (Å²) in [6.45, 7) is 5.92. The highest BCUT2D eigenvalue weighted by atomic mass is 16.2. The molecule has 0 aliphatic heterocycles. The molecule has 0 radical (unpaired) electrons. The van der Waals surface area contributed by atoms with Crippen LogP contribution in [0.1, 0.15) is 45.6 Å². The van der Waals surface area contributed by atoms with Crippen LogP contribution in [-0.4, -0.2) is 30.2 Å². The number of benzene rings is 1. The molecule has 2 unspecified atom stereocenters. The molecule has 0 saturated heterocycles. The van der Waals surface area contributed by atoms with Crippen molar-refractivity contribution >= 4 is 17.6 Å². The molecule has 5 N–H and O–H groups in total. The van der Waals surface area contributed by atoms with Gasteiger partial charge in [0, 0.05) is 24.3 Å². The zero-order chi connectivity index (χ0) is 19.7. The quantitative estimate of drug-likeness (QED) is 0.554. The molecule has 26 heavy (non-hydrogen) atoms. The lowest BCUT2D eigenvalue weighted by atomic mass is 9.78. The second-order valence-electron chi connectivity index (χ2n) is 7.71. The van der Waals surface area contributed by atoms with Gasteiger partial charge in [0.15, 0.2) is 5.78 Å².